The Bertz CT molecular complexity index is 1120. The van der Waals surface area contributed by atoms with Gasteiger partial charge < -0.3 is 25.2 Å². The fourth-order valence-corrected chi connectivity index (χ4v) is 3.85. The van der Waals surface area contributed by atoms with Gasteiger partial charge in [-0.25, -0.2) is 9.78 Å². The van der Waals surface area contributed by atoms with Crippen LogP contribution in [0.25, 0.3) is 10.9 Å². The molecule has 2 aromatic heterocycles. The smallest absolute Gasteiger partial charge is 0.341 e. The Kier molecular flexibility index (Phi) is 4.84. The molecule has 1 aliphatic heterocycles. The second-order valence-electron chi connectivity index (χ2n) is 7.05. The van der Waals surface area contributed by atoms with E-state index in [-0.39, 0.29) is 5.56 Å². The molecule has 29 heavy (non-hydrogen) atoms. The number of carboxylic acid groups (broad SMARTS) is 1. The number of anilines is 3. The lowest BCUT2D eigenvalue weighted by molar-refractivity contribution is 0.0695. The zero-order valence-electron chi connectivity index (χ0n) is 16.2. The standard InChI is InChI=1S/C21H23N5O3/c1-2-24-13-15(21(28)29)20(27)14-11-16(22)18(12-17(14)24)25-7-9-26(10-8-25)19-5-3-4-6-23-19/h3-6,11-13H,2,7-10,22H2,1H3,(H,28,29). The van der Waals surface area contributed by atoms with Crippen LogP contribution in [0.5, 0.6) is 0 Å². The first-order chi connectivity index (χ1) is 14.0. The van der Waals surface area contributed by atoms with E-state index in [4.69, 9.17) is 5.73 Å². The number of rotatable bonds is 4. The van der Waals surface area contributed by atoms with Crippen LogP contribution in [0, 0.1) is 0 Å². The normalized spacial score (nSPS) is 14.4. The van der Waals surface area contributed by atoms with Gasteiger partial charge >= 0.3 is 5.97 Å². The average Bonchev–Trinajstić information content (AvgIpc) is 2.74. The summed E-state index contributed by atoms with van der Waals surface area (Å²) in [7, 11) is 0. The van der Waals surface area contributed by atoms with E-state index in [0.29, 0.717) is 23.1 Å². The molecule has 0 unspecified atom stereocenters. The van der Waals surface area contributed by atoms with Crippen LogP contribution in [0.2, 0.25) is 0 Å². The Labute approximate surface area is 167 Å². The van der Waals surface area contributed by atoms with Gasteiger partial charge in [0.2, 0.25) is 5.43 Å². The number of pyridine rings is 2. The van der Waals surface area contributed by atoms with E-state index in [2.05, 4.69) is 14.8 Å². The minimum atomic E-state index is -1.23. The third-order valence-electron chi connectivity index (χ3n) is 5.39. The van der Waals surface area contributed by atoms with Crippen molar-refractivity contribution in [3.63, 3.8) is 0 Å². The van der Waals surface area contributed by atoms with Crippen molar-refractivity contribution >= 4 is 34.1 Å². The fourth-order valence-electron chi connectivity index (χ4n) is 3.85. The largest absolute Gasteiger partial charge is 0.477 e. The molecule has 1 saturated heterocycles. The number of nitrogens with two attached hydrogens (primary N) is 1. The van der Waals surface area contributed by atoms with E-state index in [1.54, 1.807) is 16.8 Å². The van der Waals surface area contributed by atoms with Crippen molar-refractivity contribution in [3.05, 3.63) is 58.5 Å². The maximum absolute atomic E-state index is 12.6. The zero-order valence-corrected chi connectivity index (χ0v) is 16.2. The molecule has 1 aromatic carbocycles. The summed E-state index contributed by atoms with van der Waals surface area (Å²) in [4.78, 5) is 32.9. The van der Waals surface area contributed by atoms with Gasteiger partial charge in [-0.15, -0.1) is 0 Å². The van der Waals surface area contributed by atoms with E-state index >= 15 is 0 Å². The van der Waals surface area contributed by atoms with E-state index < -0.39 is 11.4 Å². The quantitative estimate of drug-likeness (QED) is 0.654. The number of aromatic nitrogens is 2. The number of carboxylic acids is 1. The number of benzene rings is 1. The average molecular weight is 393 g/mol. The Morgan fingerprint density at radius 3 is 2.52 bits per heavy atom. The summed E-state index contributed by atoms with van der Waals surface area (Å²) < 4.78 is 1.78. The molecule has 3 N–H and O–H groups in total. The second-order valence-corrected chi connectivity index (χ2v) is 7.05. The van der Waals surface area contributed by atoms with Crippen LogP contribution in [0.4, 0.5) is 17.2 Å². The Hall–Kier alpha value is -3.55. The van der Waals surface area contributed by atoms with E-state index in [1.165, 1.54) is 6.20 Å². The highest BCUT2D eigenvalue weighted by atomic mass is 16.4. The number of nitrogens with zero attached hydrogens (tertiary/aromatic N) is 4. The fraction of sp³-hybridized carbons (Fsp3) is 0.286. The molecular formula is C21H23N5O3. The maximum Gasteiger partial charge on any atom is 0.341 e. The van der Waals surface area contributed by atoms with E-state index in [9.17, 15) is 14.7 Å². The molecular weight excluding hydrogens is 370 g/mol. The van der Waals surface area contributed by atoms with Gasteiger partial charge in [0.05, 0.1) is 16.9 Å². The highest BCUT2D eigenvalue weighted by Gasteiger charge is 2.22. The first-order valence-electron chi connectivity index (χ1n) is 9.60. The van der Waals surface area contributed by atoms with Gasteiger partial charge in [0, 0.05) is 50.5 Å². The number of piperazine rings is 1. The van der Waals surface area contributed by atoms with Crippen molar-refractivity contribution in [2.45, 2.75) is 13.5 Å². The number of hydrogen-bond donors (Lipinski definition) is 2. The SMILES string of the molecule is CCn1cc(C(=O)O)c(=O)c2cc(N)c(N3CCN(c4ccccn4)CC3)cc21. The van der Waals surface area contributed by atoms with Gasteiger partial charge in [-0.2, -0.15) is 0 Å². The third kappa shape index (κ3) is 3.37. The lowest BCUT2D eigenvalue weighted by Crippen LogP contribution is -2.47. The van der Waals surface area contributed by atoms with Crippen LogP contribution >= 0.6 is 0 Å². The van der Waals surface area contributed by atoms with Crippen LogP contribution < -0.4 is 21.0 Å². The molecule has 0 amide bonds. The van der Waals surface area contributed by atoms with Crippen molar-refractivity contribution < 1.29 is 9.90 Å². The number of carbonyl (C=O) groups is 1. The van der Waals surface area contributed by atoms with Crippen LogP contribution in [0.3, 0.4) is 0 Å². The van der Waals surface area contributed by atoms with Crippen molar-refractivity contribution in [1.82, 2.24) is 9.55 Å². The predicted molar refractivity (Wildman–Crippen MR) is 114 cm³/mol. The van der Waals surface area contributed by atoms with Gasteiger partial charge in [0.25, 0.3) is 0 Å². The third-order valence-corrected chi connectivity index (χ3v) is 5.39. The van der Waals surface area contributed by atoms with Gasteiger partial charge in [-0.05, 0) is 31.2 Å². The highest BCUT2D eigenvalue weighted by Crippen LogP contribution is 2.29. The summed E-state index contributed by atoms with van der Waals surface area (Å²) in [6, 6.07) is 9.39. The molecule has 8 nitrogen and oxygen atoms in total. The van der Waals surface area contributed by atoms with Gasteiger partial charge in [-0.3, -0.25) is 4.79 Å². The van der Waals surface area contributed by atoms with Crippen LogP contribution in [0.15, 0.2) is 47.5 Å². The molecule has 4 rings (SSSR count). The monoisotopic (exact) mass is 393 g/mol. The minimum absolute atomic E-state index is 0.240. The predicted octanol–water partition coefficient (Wildman–Crippen LogP) is 2.02. The molecule has 0 spiro atoms. The molecule has 0 radical (unpaired) electrons. The van der Waals surface area contributed by atoms with Crippen LogP contribution in [-0.4, -0.2) is 46.8 Å². The Morgan fingerprint density at radius 2 is 1.90 bits per heavy atom. The summed E-state index contributed by atoms with van der Waals surface area (Å²) in [5.41, 5.74) is 7.58. The number of aromatic carboxylic acids is 1. The van der Waals surface area contributed by atoms with Gasteiger partial charge in [0.1, 0.15) is 11.4 Å². The molecule has 1 fully saturated rings. The first kappa shape index (κ1) is 18.8. The summed E-state index contributed by atoms with van der Waals surface area (Å²) in [5, 5.41) is 9.66. The number of fused-ring (bicyclic) bond motifs is 1. The number of aryl methyl sites for hydroxylation is 1. The molecule has 0 bridgehead atoms. The Balaban J connectivity index is 1.68. The molecule has 8 heteroatoms. The molecule has 1 aliphatic rings. The first-order valence-corrected chi connectivity index (χ1v) is 9.60. The Morgan fingerprint density at radius 1 is 1.17 bits per heavy atom. The van der Waals surface area contributed by atoms with Crippen molar-refractivity contribution in [3.8, 4) is 0 Å². The highest BCUT2D eigenvalue weighted by molar-refractivity contribution is 5.95. The van der Waals surface area contributed by atoms with E-state index in [1.807, 2.05) is 31.2 Å². The van der Waals surface area contributed by atoms with Crippen LogP contribution in [0.1, 0.15) is 17.3 Å². The van der Waals surface area contributed by atoms with Crippen molar-refractivity contribution in [1.29, 1.82) is 0 Å². The summed E-state index contributed by atoms with van der Waals surface area (Å²) in [5.74, 6) is -0.271. The molecule has 0 aliphatic carbocycles. The van der Waals surface area contributed by atoms with Crippen molar-refractivity contribution in [2.75, 3.05) is 41.7 Å². The minimum Gasteiger partial charge on any atom is -0.477 e. The second kappa shape index (κ2) is 7.46. The van der Waals surface area contributed by atoms with Gasteiger partial charge in [-0.1, -0.05) is 6.07 Å². The summed E-state index contributed by atoms with van der Waals surface area (Å²) in [6.07, 6.45) is 3.20. The number of hydrogen-bond acceptors (Lipinski definition) is 6. The molecule has 3 heterocycles. The molecule has 3 aromatic rings. The number of nitrogen functional groups attached to an aromatic ring is 1. The lowest BCUT2D eigenvalue weighted by atomic mass is 10.1. The maximum atomic E-state index is 12.6. The lowest BCUT2D eigenvalue weighted by Gasteiger charge is -2.37. The summed E-state index contributed by atoms with van der Waals surface area (Å²) in [6.45, 7) is 5.64. The summed E-state index contributed by atoms with van der Waals surface area (Å²) >= 11 is 0. The van der Waals surface area contributed by atoms with Crippen molar-refractivity contribution in [2.24, 2.45) is 0 Å². The molecule has 150 valence electrons. The molecule has 0 atom stereocenters. The van der Waals surface area contributed by atoms with Crippen LogP contribution in [-0.2, 0) is 6.54 Å². The van der Waals surface area contributed by atoms with E-state index in [0.717, 1.165) is 37.7 Å². The van der Waals surface area contributed by atoms with Gasteiger partial charge in [0.15, 0.2) is 0 Å². The molecule has 0 saturated carbocycles. The zero-order chi connectivity index (χ0) is 20.5. The topological polar surface area (TPSA) is 105 Å².